The van der Waals surface area contributed by atoms with E-state index >= 15 is 0 Å². The molecule has 1 N–H and O–H groups in total. The first kappa shape index (κ1) is 25.3. The third-order valence-electron chi connectivity index (χ3n) is 7.32. The Labute approximate surface area is 221 Å². The van der Waals surface area contributed by atoms with Gasteiger partial charge in [0.2, 0.25) is 11.6 Å². The quantitative estimate of drug-likeness (QED) is 0.333. The standard InChI is InChI=1S/C31H29N3O4/c1-15-11-17(3)23(18(4)12-15)26(34-27-25(30(37)33-34)29(36)32-31(27)38)21-9-7-8-10-22(21)28(35)24-19(5)13-16(2)14-20(24)6/h7-14,25,27H,1-6H3,(H-,32,33,35,36,37,38). The predicted octanol–water partition coefficient (Wildman–Crippen LogP) is 2.95. The SMILES string of the molecule is Cc1cc(C)c(C(=O)c2ccccc2/C(c2c(C)cc(C)cc2C)=[N+]2\N=C([O-])C3C(=O)NC(=O)C32)c(C)c1. The smallest absolute Gasteiger partial charge is 0.299 e. The van der Waals surface area contributed by atoms with Crippen molar-refractivity contribution < 1.29 is 24.2 Å². The van der Waals surface area contributed by atoms with Crippen LogP contribution in [-0.2, 0) is 9.59 Å². The van der Waals surface area contributed by atoms with E-state index in [1.807, 2.05) is 77.9 Å². The van der Waals surface area contributed by atoms with Gasteiger partial charge >= 0.3 is 0 Å². The molecule has 1 fully saturated rings. The van der Waals surface area contributed by atoms with Gasteiger partial charge in [-0.25, -0.2) is 0 Å². The zero-order chi connectivity index (χ0) is 27.5. The fourth-order valence-corrected chi connectivity index (χ4v) is 5.97. The number of imide groups is 1. The third-order valence-corrected chi connectivity index (χ3v) is 7.32. The molecule has 2 heterocycles. The molecule has 0 radical (unpaired) electrons. The Hall–Kier alpha value is -4.39. The molecule has 3 aromatic rings. The number of aryl methyl sites for hydroxylation is 6. The highest BCUT2D eigenvalue weighted by molar-refractivity contribution is 6.22. The number of amides is 2. The van der Waals surface area contributed by atoms with E-state index in [4.69, 9.17) is 0 Å². The second-order valence-electron chi connectivity index (χ2n) is 10.3. The van der Waals surface area contributed by atoms with Crippen molar-refractivity contribution in [3.8, 4) is 0 Å². The van der Waals surface area contributed by atoms with Crippen LogP contribution in [0.2, 0.25) is 0 Å². The minimum Gasteiger partial charge on any atom is -0.857 e. The summed E-state index contributed by atoms with van der Waals surface area (Å²) in [4.78, 5) is 39.5. The molecule has 2 atom stereocenters. The Bertz CT molecular complexity index is 1580. The van der Waals surface area contributed by atoms with Gasteiger partial charge in [0, 0.05) is 11.1 Å². The van der Waals surface area contributed by atoms with Crippen molar-refractivity contribution in [3.05, 3.63) is 104 Å². The second kappa shape index (κ2) is 9.17. The van der Waals surface area contributed by atoms with E-state index in [0.29, 0.717) is 22.4 Å². The van der Waals surface area contributed by atoms with Crippen molar-refractivity contribution in [1.29, 1.82) is 0 Å². The Morgan fingerprint density at radius 1 is 0.789 bits per heavy atom. The van der Waals surface area contributed by atoms with Crippen molar-refractivity contribution in [2.75, 3.05) is 0 Å². The summed E-state index contributed by atoms with van der Waals surface area (Å²) in [5, 5.41) is 19.4. The van der Waals surface area contributed by atoms with Gasteiger partial charge in [-0.15, -0.1) is 0 Å². The number of hydrazone groups is 1. The summed E-state index contributed by atoms with van der Waals surface area (Å²) in [5.41, 5.74) is 8.46. The molecule has 38 heavy (non-hydrogen) atoms. The van der Waals surface area contributed by atoms with E-state index in [2.05, 4.69) is 10.4 Å². The summed E-state index contributed by atoms with van der Waals surface area (Å²) in [6.45, 7) is 11.7. The van der Waals surface area contributed by atoms with Crippen LogP contribution in [0, 0.1) is 47.5 Å². The van der Waals surface area contributed by atoms with Crippen molar-refractivity contribution in [2.45, 2.75) is 47.6 Å². The summed E-state index contributed by atoms with van der Waals surface area (Å²) < 4.78 is 1.36. The number of rotatable bonds is 4. The first-order chi connectivity index (χ1) is 18.0. The molecule has 0 bridgehead atoms. The first-order valence-electron chi connectivity index (χ1n) is 12.6. The molecule has 192 valence electrons. The van der Waals surface area contributed by atoms with Gasteiger partial charge in [-0.2, -0.15) is 0 Å². The Kier molecular flexibility index (Phi) is 6.10. The maximum Gasteiger partial charge on any atom is 0.299 e. The molecule has 3 aromatic carbocycles. The molecule has 2 aliphatic heterocycles. The number of carbonyl (C=O) groups excluding carboxylic acids is 3. The zero-order valence-corrected chi connectivity index (χ0v) is 22.3. The number of hydrogen-bond acceptors (Lipinski definition) is 5. The van der Waals surface area contributed by atoms with Crippen LogP contribution in [0.5, 0.6) is 0 Å². The molecular weight excluding hydrogens is 478 g/mol. The van der Waals surface area contributed by atoms with E-state index in [1.165, 1.54) is 4.68 Å². The number of nitrogens with one attached hydrogen (secondary N) is 1. The number of ketones is 1. The summed E-state index contributed by atoms with van der Waals surface area (Å²) in [5.74, 6) is -3.28. The van der Waals surface area contributed by atoms with Crippen LogP contribution in [0.1, 0.15) is 60.4 Å². The van der Waals surface area contributed by atoms with Crippen molar-refractivity contribution in [3.63, 3.8) is 0 Å². The first-order valence-corrected chi connectivity index (χ1v) is 12.6. The molecule has 0 spiro atoms. The lowest BCUT2D eigenvalue weighted by Crippen LogP contribution is -2.38. The van der Waals surface area contributed by atoms with Crippen LogP contribution >= 0.6 is 0 Å². The number of carbonyl (C=O) groups is 3. The lowest BCUT2D eigenvalue weighted by molar-refractivity contribution is -0.549. The Morgan fingerprint density at radius 2 is 1.29 bits per heavy atom. The Balaban J connectivity index is 1.85. The average molecular weight is 508 g/mol. The lowest BCUT2D eigenvalue weighted by atomic mass is 9.86. The maximum atomic E-state index is 14.1. The van der Waals surface area contributed by atoms with E-state index < -0.39 is 29.7 Å². The highest BCUT2D eigenvalue weighted by Gasteiger charge is 2.56. The van der Waals surface area contributed by atoms with Crippen LogP contribution in [0.15, 0.2) is 53.6 Å². The van der Waals surface area contributed by atoms with Gasteiger partial charge in [0.15, 0.2) is 5.78 Å². The minimum absolute atomic E-state index is 0.162. The zero-order valence-electron chi connectivity index (χ0n) is 22.3. The predicted molar refractivity (Wildman–Crippen MR) is 143 cm³/mol. The third kappa shape index (κ3) is 3.95. The largest absolute Gasteiger partial charge is 0.857 e. The van der Waals surface area contributed by atoms with E-state index in [9.17, 15) is 19.5 Å². The normalized spacial score (nSPS) is 19.8. The number of hydrogen-bond donors (Lipinski definition) is 1. The molecular formula is C31H29N3O4. The molecule has 7 nitrogen and oxygen atoms in total. The second-order valence-corrected chi connectivity index (χ2v) is 10.3. The van der Waals surface area contributed by atoms with Gasteiger partial charge < -0.3 is 5.11 Å². The molecule has 0 aromatic heterocycles. The molecule has 0 saturated carbocycles. The van der Waals surface area contributed by atoms with E-state index in [0.717, 1.165) is 38.9 Å². The molecule has 2 amide bonds. The minimum atomic E-state index is -1.21. The van der Waals surface area contributed by atoms with Crippen molar-refractivity contribution in [2.24, 2.45) is 11.0 Å². The van der Waals surface area contributed by atoms with Crippen molar-refractivity contribution in [1.82, 2.24) is 5.32 Å². The van der Waals surface area contributed by atoms with Gasteiger partial charge in [-0.1, -0.05) is 58.3 Å². The van der Waals surface area contributed by atoms with Crippen LogP contribution in [0.4, 0.5) is 0 Å². The monoisotopic (exact) mass is 507 g/mol. The number of fused-ring (bicyclic) bond motifs is 1. The van der Waals surface area contributed by atoms with Gasteiger partial charge in [0.1, 0.15) is 5.92 Å². The maximum absolute atomic E-state index is 14.1. The number of benzene rings is 3. The van der Waals surface area contributed by atoms with Gasteiger partial charge in [-0.05, 0) is 75.0 Å². The molecule has 7 heteroatoms. The Morgan fingerprint density at radius 3 is 1.84 bits per heavy atom. The molecule has 0 aliphatic carbocycles. The highest BCUT2D eigenvalue weighted by Crippen LogP contribution is 2.30. The van der Waals surface area contributed by atoms with Crippen LogP contribution in [0.3, 0.4) is 0 Å². The molecule has 2 unspecified atom stereocenters. The van der Waals surface area contributed by atoms with E-state index in [-0.39, 0.29) is 5.78 Å². The van der Waals surface area contributed by atoms with Crippen LogP contribution in [-0.4, -0.2) is 39.9 Å². The summed E-state index contributed by atoms with van der Waals surface area (Å²) in [6, 6.07) is 14.0. The molecule has 2 aliphatic rings. The fourth-order valence-electron chi connectivity index (χ4n) is 5.97. The summed E-state index contributed by atoms with van der Waals surface area (Å²) >= 11 is 0. The van der Waals surface area contributed by atoms with Crippen LogP contribution in [0.25, 0.3) is 0 Å². The topological polar surface area (TPSA) is 102 Å². The number of nitrogens with zero attached hydrogens (tertiary/aromatic N) is 2. The summed E-state index contributed by atoms with van der Waals surface area (Å²) in [7, 11) is 0. The van der Waals surface area contributed by atoms with E-state index in [1.54, 1.807) is 12.1 Å². The van der Waals surface area contributed by atoms with Gasteiger partial charge in [-0.3, -0.25) is 19.7 Å². The van der Waals surface area contributed by atoms with Gasteiger partial charge in [0.05, 0.1) is 17.0 Å². The lowest BCUT2D eigenvalue weighted by Gasteiger charge is -2.17. The molecule has 5 rings (SSSR count). The van der Waals surface area contributed by atoms with Crippen LogP contribution < -0.4 is 10.4 Å². The fraction of sp³-hybridized carbons (Fsp3) is 0.258. The summed E-state index contributed by atoms with van der Waals surface area (Å²) in [6.07, 6.45) is 0. The highest BCUT2D eigenvalue weighted by atomic mass is 16.3. The average Bonchev–Trinajstić information content (AvgIpc) is 3.32. The van der Waals surface area contributed by atoms with Gasteiger partial charge in [0.25, 0.3) is 11.9 Å². The molecule has 1 saturated heterocycles. The van der Waals surface area contributed by atoms with Crippen molar-refractivity contribution >= 4 is 29.2 Å².